The summed E-state index contributed by atoms with van der Waals surface area (Å²) in [6.07, 6.45) is 2.76. The zero-order chi connectivity index (χ0) is 7.40. The molecule has 0 spiro atoms. The third-order valence-electron chi connectivity index (χ3n) is 1.64. The van der Waals surface area contributed by atoms with Crippen molar-refractivity contribution in [2.75, 3.05) is 7.05 Å². The van der Waals surface area contributed by atoms with Gasteiger partial charge in [-0.3, -0.25) is 0 Å². The molecular weight excluding hydrogens is 126 g/mol. The predicted molar refractivity (Wildman–Crippen MR) is 40.8 cm³/mol. The first-order valence-corrected chi connectivity index (χ1v) is 3.59. The highest BCUT2D eigenvalue weighted by atomic mass is 16.3. The van der Waals surface area contributed by atoms with Crippen LogP contribution >= 0.6 is 0 Å². The lowest BCUT2D eigenvalue weighted by Gasteiger charge is -2.08. The van der Waals surface area contributed by atoms with Gasteiger partial charge in [-0.2, -0.15) is 0 Å². The van der Waals surface area contributed by atoms with Gasteiger partial charge >= 0.3 is 0 Å². The van der Waals surface area contributed by atoms with Crippen molar-refractivity contribution in [1.29, 1.82) is 0 Å². The van der Waals surface area contributed by atoms with Crippen LogP contribution in [-0.4, -0.2) is 7.05 Å². The maximum Gasteiger partial charge on any atom is 0.120 e. The molecule has 0 aliphatic heterocycles. The Hall–Kier alpha value is -0.760. The van der Waals surface area contributed by atoms with Crippen LogP contribution in [0.4, 0.5) is 0 Å². The SMILES string of the molecule is CC[C@@H](NC)c1ccco1. The molecule has 1 atom stereocenters. The van der Waals surface area contributed by atoms with Gasteiger partial charge in [0.1, 0.15) is 5.76 Å². The zero-order valence-corrected chi connectivity index (χ0v) is 6.42. The highest BCUT2D eigenvalue weighted by Crippen LogP contribution is 2.15. The van der Waals surface area contributed by atoms with E-state index in [-0.39, 0.29) is 0 Å². The van der Waals surface area contributed by atoms with Crippen LogP contribution in [-0.2, 0) is 0 Å². The van der Waals surface area contributed by atoms with Crippen LogP contribution in [0.25, 0.3) is 0 Å². The summed E-state index contributed by atoms with van der Waals surface area (Å²) in [7, 11) is 1.94. The minimum atomic E-state index is 0.370. The molecule has 0 saturated heterocycles. The van der Waals surface area contributed by atoms with E-state index in [1.54, 1.807) is 6.26 Å². The molecule has 1 heterocycles. The molecule has 0 aliphatic rings. The fourth-order valence-corrected chi connectivity index (χ4v) is 1.04. The lowest BCUT2D eigenvalue weighted by molar-refractivity contribution is 0.424. The molecule has 1 aromatic rings. The van der Waals surface area contributed by atoms with Gasteiger partial charge in [-0.05, 0) is 25.6 Å². The summed E-state index contributed by atoms with van der Waals surface area (Å²) in [5.41, 5.74) is 0. The molecule has 0 unspecified atom stereocenters. The van der Waals surface area contributed by atoms with E-state index in [2.05, 4.69) is 12.2 Å². The second-order valence-electron chi connectivity index (χ2n) is 2.26. The molecule has 10 heavy (non-hydrogen) atoms. The standard InChI is InChI=1S/C8H13NO/c1-3-7(9-2)8-5-4-6-10-8/h4-7,9H,3H2,1-2H3/t7-/m1/s1. The third kappa shape index (κ3) is 1.39. The Balaban J connectivity index is 2.64. The Morgan fingerprint density at radius 2 is 2.50 bits per heavy atom. The van der Waals surface area contributed by atoms with Gasteiger partial charge < -0.3 is 9.73 Å². The van der Waals surface area contributed by atoms with Gasteiger partial charge in [-0.25, -0.2) is 0 Å². The molecule has 56 valence electrons. The van der Waals surface area contributed by atoms with E-state index in [9.17, 15) is 0 Å². The largest absolute Gasteiger partial charge is 0.468 e. The summed E-state index contributed by atoms with van der Waals surface area (Å²) in [5.74, 6) is 1.02. The van der Waals surface area contributed by atoms with E-state index in [1.807, 2.05) is 19.2 Å². The predicted octanol–water partition coefficient (Wildman–Crippen LogP) is 1.95. The quantitative estimate of drug-likeness (QED) is 0.692. The molecule has 0 aliphatic carbocycles. The second-order valence-corrected chi connectivity index (χ2v) is 2.26. The first-order valence-electron chi connectivity index (χ1n) is 3.59. The summed E-state index contributed by atoms with van der Waals surface area (Å²) in [4.78, 5) is 0. The molecule has 1 rings (SSSR count). The maximum absolute atomic E-state index is 5.21. The summed E-state index contributed by atoms with van der Waals surface area (Å²) >= 11 is 0. The fourth-order valence-electron chi connectivity index (χ4n) is 1.04. The van der Waals surface area contributed by atoms with Gasteiger partial charge in [0.25, 0.3) is 0 Å². The lowest BCUT2D eigenvalue weighted by atomic mass is 10.2. The number of hydrogen-bond donors (Lipinski definition) is 1. The van der Waals surface area contributed by atoms with Crippen molar-refractivity contribution in [3.8, 4) is 0 Å². The van der Waals surface area contributed by atoms with Crippen LogP contribution in [0.2, 0.25) is 0 Å². The molecule has 0 amide bonds. The third-order valence-corrected chi connectivity index (χ3v) is 1.64. The normalized spacial score (nSPS) is 13.4. The van der Waals surface area contributed by atoms with Gasteiger partial charge in [0.05, 0.1) is 12.3 Å². The van der Waals surface area contributed by atoms with Crippen molar-refractivity contribution < 1.29 is 4.42 Å². The molecule has 0 bridgehead atoms. The highest BCUT2D eigenvalue weighted by molar-refractivity contribution is 5.03. The lowest BCUT2D eigenvalue weighted by Crippen LogP contribution is -2.14. The van der Waals surface area contributed by atoms with Gasteiger partial charge in [-0.15, -0.1) is 0 Å². The molecule has 0 fully saturated rings. The average Bonchev–Trinajstić information content (AvgIpc) is 2.43. The van der Waals surface area contributed by atoms with Crippen LogP contribution < -0.4 is 5.32 Å². The molecule has 1 aromatic heterocycles. The number of nitrogens with one attached hydrogen (secondary N) is 1. The number of furan rings is 1. The number of rotatable bonds is 3. The zero-order valence-electron chi connectivity index (χ0n) is 6.42. The van der Waals surface area contributed by atoms with Crippen molar-refractivity contribution in [2.45, 2.75) is 19.4 Å². The maximum atomic E-state index is 5.21. The van der Waals surface area contributed by atoms with Gasteiger partial charge in [0.15, 0.2) is 0 Å². The van der Waals surface area contributed by atoms with Gasteiger partial charge in [0.2, 0.25) is 0 Å². The molecule has 0 radical (unpaired) electrons. The Morgan fingerprint density at radius 3 is 2.90 bits per heavy atom. The summed E-state index contributed by atoms with van der Waals surface area (Å²) < 4.78 is 5.21. The van der Waals surface area contributed by atoms with E-state index < -0.39 is 0 Å². The monoisotopic (exact) mass is 139 g/mol. The van der Waals surface area contributed by atoms with Crippen LogP contribution in [0.15, 0.2) is 22.8 Å². The minimum absolute atomic E-state index is 0.370. The number of hydrogen-bond acceptors (Lipinski definition) is 2. The molecular formula is C8H13NO. The van der Waals surface area contributed by atoms with E-state index >= 15 is 0 Å². The van der Waals surface area contributed by atoms with Crippen molar-refractivity contribution >= 4 is 0 Å². The molecule has 2 heteroatoms. The second kappa shape index (κ2) is 3.42. The van der Waals surface area contributed by atoms with Crippen molar-refractivity contribution in [2.24, 2.45) is 0 Å². The average molecular weight is 139 g/mol. The first-order chi connectivity index (χ1) is 4.88. The van der Waals surface area contributed by atoms with Gasteiger partial charge in [0, 0.05) is 0 Å². The summed E-state index contributed by atoms with van der Waals surface area (Å²) in [6, 6.07) is 4.27. The summed E-state index contributed by atoms with van der Waals surface area (Å²) in [5, 5.41) is 3.16. The van der Waals surface area contributed by atoms with Crippen LogP contribution in [0.5, 0.6) is 0 Å². The minimum Gasteiger partial charge on any atom is -0.468 e. The topological polar surface area (TPSA) is 25.2 Å². The summed E-state index contributed by atoms with van der Waals surface area (Å²) in [6.45, 7) is 2.13. The Labute approximate surface area is 61.2 Å². The fraction of sp³-hybridized carbons (Fsp3) is 0.500. The van der Waals surface area contributed by atoms with E-state index in [4.69, 9.17) is 4.42 Å². The van der Waals surface area contributed by atoms with E-state index in [0.29, 0.717) is 6.04 Å². The molecule has 0 saturated carbocycles. The van der Waals surface area contributed by atoms with Crippen LogP contribution in [0, 0.1) is 0 Å². The van der Waals surface area contributed by atoms with E-state index in [1.165, 1.54) is 0 Å². The van der Waals surface area contributed by atoms with Crippen molar-refractivity contribution in [3.63, 3.8) is 0 Å². The van der Waals surface area contributed by atoms with E-state index in [0.717, 1.165) is 12.2 Å². The van der Waals surface area contributed by atoms with Crippen LogP contribution in [0.1, 0.15) is 25.1 Å². The smallest absolute Gasteiger partial charge is 0.120 e. The van der Waals surface area contributed by atoms with Crippen molar-refractivity contribution in [3.05, 3.63) is 24.2 Å². The Bertz CT molecular complexity index is 165. The van der Waals surface area contributed by atoms with Crippen LogP contribution in [0.3, 0.4) is 0 Å². The Kier molecular flexibility index (Phi) is 2.51. The van der Waals surface area contributed by atoms with Crippen molar-refractivity contribution in [1.82, 2.24) is 5.32 Å². The highest BCUT2D eigenvalue weighted by Gasteiger charge is 2.07. The van der Waals surface area contributed by atoms with Gasteiger partial charge in [-0.1, -0.05) is 6.92 Å². The molecule has 0 aromatic carbocycles. The Morgan fingerprint density at radius 1 is 1.70 bits per heavy atom. The molecule has 1 N–H and O–H groups in total. The first kappa shape index (κ1) is 7.35. The molecule has 2 nitrogen and oxygen atoms in total.